The van der Waals surface area contributed by atoms with Gasteiger partial charge in [0.05, 0.1) is 13.0 Å². The van der Waals surface area contributed by atoms with Crippen molar-refractivity contribution in [3.8, 4) is 5.75 Å². The maximum absolute atomic E-state index is 11.8. The van der Waals surface area contributed by atoms with Gasteiger partial charge in [-0.05, 0) is 11.6 Å². The first-order chi connectivity index (χ1) is 12.0. The van der Waals surface area contributed by atoms with E-state index in [0.717, 1.165) is 27.9 Å². The minimum Gasteiger partial charge on any atom is -0.496 e. The fourth-order valence-electron chi connectivity index (χ4n) is 3.35. The third kappa shape index (κ3) is 3.77. The summed E-state index contributed by atoms with van der Waals surface area (Å²) >= 11 is 1.64. The van der Waals surface area contributed by atoms with Crippen LogP contribution in [0.4, 0.5) is 5.13 Å². The predicted molar refractivity (Wildman–Crippen MR) is 98.6 cm³/mol. The molecule has 1 saturated heterocycles. The third-order valence-electron chi connectivity index (χ3n) is 4.55. The fraction of sp³-hybridized carbons (Fsp3) is 0.444. The molecule has 0 aliphatic carbocycles. The Balaban J connectivity index is 1.79. The van der Waals surface area contributed by atoms with E-state index in [-0.39, 0.29) is 5.92 Å². The molecule has 1 aromatic heterocycles. The smallest absolute Gasteiger partial charge is 0.308 e. The number of hydrogen-bond donors (Lipinski definition) is 1. The Morgan fingerprint density at radius 2 is 2.16 bits per heavy atom. The summed E-state index contributed by atoms with van der Waals surface area (Å²) in [5.74, 6) is -0.502. The van der Waals surface area contributed by atoms with Crippen molar-refractivity contribution < 1.29 is 14.6 Å². The van der Waals surface area contributed by atoms with Crippen molar-refractivity contribution in [3.05, 3.63) is 40.9 Å². The molecule has 2 heterocycles. The number of carboxylic acid groups (broad SMARTS) is 1. The van der Waals surface area contributed by atoms with E-state index in [0.29, 0.717) is 13.1 Å². The Labute approximate surface area is 151 Å². The van der Waals surface area contributed by atoms with Crippen molar-refractivity contribution in [1.29, 1.82) is 0 Å². The maximum Gasteiger partial charge on any atom is 0.308 e. The second-order valence-electron chi connectivity index (χ2n) is 6.49. The van der Waals surface area contributed by atoms with Crippen LogP contribution in [-0.4, -0.2) is 55.3 Å². The van der Waals surface area contributed by atoms with Crippen LogP contribution in [0.15, 0.2) is 30.5 Å². The standard InChI is InChI=1S/C18H23N3O3S/c1-20(2)18-19-8-12(25-18)9-21-10-14(15(11-21)17(22)23)13-6-4-5-7-16(13)24-3/h4-8,14-15H,9-11H2,1-3H3,(H,22,23)/t14-,15+/m1/s1. The van der Waals surface area contributed by atoms with Crippen molar-refractivity contribution >= 4 is 22.4 Å². The number of para-hydroxylation sites is 1. The molecule has 6 nitrogen and oxygen atoms in total. The number of carbonyl (C=O) groups is 1. The molecule has 1 fully saturated rings. The van der Waals surface area contributed by atoms with Gasteiger partial charge in [-0.2, -0.15) is 0 Å². The first-order valence-electron chi connectivity index (χ1n) is 8.19. The summed E-state index contributed by atoms with van der Waals surface area (Å²) in [7, 11) is 5.56. The second kappa shape index (κ2) is 7.41. The molecule has 0 spiro atoms. The molecular weight excluding hydrogens is 338 g/mol. The molecule has 1 aliphatic rings. The molecule has 0 bridgehead atoms. The van der Waals surface area contributed by atoms with Crippen molar-refractivity contribution in [2.45, 2.75) is 12.5 Å². The van der Waals surface area contributed by atoms with E-state index in [1.54, 1.807) is 18.4 Å². The first-order valence-corrected chi connectivity index (χ1v) is 9.01. The number of benzene rings is 1. The van der Waals surface area contributed by atoms with Gasteiger partial charge in [-0.1, -0.05) is 18.2 Å². The number of rotatable bonds is 6. The van der Waals surface area contributed by atoms with Crippen LogP contribution in [-0.2, 0) is 11.3 Å². The highest BCUT2D eigenvalue weighted by Crippen LogP contribution is 2.38. The Kier molecular flexibility index (Phi) is 5.24. The zero-order valence-corrected chi connectivity index (χ0v) is 15.5. The Bertz CT molecular complexity index is 747. The van der Waals surface area contributed by atoms with Crippen LogP contribution in [0.3, 0.4) is 0 Å². The lowest BCUT2D eigenvalue weighted by molar-refractivity contribution is -0.141. The summed E-state index contributed by atoms with van der Waals surface area (Å²) in [5, 5.41) is 10.6. The summed E-state index contributed by atoms with van der Waals surface area (Å²) in [6.45, 7) is 1.96. The van der Waals surface area contributed by atoms with Gasteiger partial charge in [0.1, 0.15) is 5.75 Å². The van der Waals surface area contributed by atoms with Gasteiger partial charge in [-0.15, -0.1) is 11.3 Å². The number of ether oxygens (including phenoxy) is 1. The van der Waals surface area contributed by atoms with Crippen LogP contribution in [0.1, 0.15) is 16.4 Å². The number of anilines is 1. The molecule has 1 aromatic carbocycles. The molecule has 0 saturated carbocycles. The minimum absolute atomic E-state index is 0.0742. The molecule has 0 amide bonds. The van der Waals surface area contributed by atoms with Gasteiger partial charge in [0.15, 0.2) is 5.13 Å². The average Bonchev–Trinajstić information content (AvgIpc) is 3.22. The van der Waals surface area contributed by atoms with Crippen LogP contribution < -0.4 is 9.64 Å². The normalized spacial score (nSPS) is 20.6. The molecule has 0 radical (unpaired) electrons. The number of likely N-dealkylation sites (tertiary alicyclic amines) is 1. The molecule has 2 aromatic rings. The van der Waals surface area contributed by atoms with Gasteiger partial charge in [0, 0.05) is 50.7 Å². The summed E-state index contributed by atoms with van der Waals surface area (Å²) < 4.78 is 5.44. The topological polar surface area (TPSA) is 65.9 Å². The van der Waals surface area contributed by atoms with E-state index in [4.69, 9.17) is 4.74 Å². The molecule has 0 unspecified atom stereocenters. The molecule has 2 atom stereocenters. The van der Waals surface area contributed by atoms with Crippen molar-refractivity contribution in [2.24, 2.45) is 5.92 Å². The van der Waals surface area contributed by atoms with Crippen LogP contribution in [0.25, 0.3) is 0 Å². The van der Waals surface area contributed by atoms with Gasteiger partial charge in [0.2, 0.25) is 0 Å². The third-order valence-corrected chi connectivity index (χ3v) is 5.70. The number of methoxy groups -OCH3 is 1. The maximum atomic E-state index is 11.8. The summed E-state index contributed by atoms with van der Waals surface area (Å²) in [6.07, 6.45) is 1.88. The zero-order valence-electron chi connectivity index (χ0n) is 14.7. The minimum atomic E-state index is -0.753. The largest absolute Gasteiger partial charge is 0.496 e. The van der Waals surface area contributed by atoms with E-state index in [2.05, 4.69) is 9.88 Å². The summed E-state index contributed by atoms with van der Waals surface area (Å²) in [6, 6.07) is 7.71. The highest BCUT2D eigenvalue weighted by atomic mass is 32.1. The SMILES string of the molecule is COc1ccccc1[C@H]1CN(Cc2cnc(N(C)C)s2)C[C@@H]1C(=O)O. The van der Waals surface area contributed by atoms with Crippen LogP contribution in [0.5, 0.6) is 5.75 Å². The average molecular weight is 361 g/mol. The van der Waals surface area contributed by atoms with Gasteiger partial charge in [-0.25, -0.2) is 4.98 Å². The second-order valence-corrected chi connectivity index (χ2v) is 7.58. The summed E-state index contributed by atoms with van der Waals surface area (Å²) in [5.41, 5.74) is 0.971. The highest BCUT2D eigenvalue weighted by molar-refractivity contribution is 7.15. The number of aliphatic carboxylic acids is 1. The Hall–Kier alpha value is -2.12. The van der Waals surface area contributed by atoms with Crippen molar-refractivity contribution in [1.82, 2.24) is 9.88 Å². The van der Waals surface area contributed by atoms with E-state index < -0.39 is 11.9 Å². The summed E-state index contributed by atoms with van der Waals surface area (Å²) in [4.78, 5) is 21.5. The lowest BCUT2D eigenvalue weighted by atomic mass is 9.88. The predicted octanol–water partition coefficient (Wildman–Crippen LogP) is 2.52. The van der Waals surface area contributed by atoms with E-state index >= 15 is 0 Å². The van der Waals surface area contributed by atoms with Crippen LogP contribution in [0, 0.1) is 5.92 Å². The lowest BCUT2D eigenvalue weighted by Gasteiger charge is -2.18. The number of aromatic nitrogens is 1. The van der Waals surface area contributed by atoms with E-state index in [9.17, 15) is 9.90 Å². The quantitative estimate of drug-likeness (QED) is 0.853. The highest BCUT2D eigenvalue weighted by Gasteiger charge is 2.39. The van der Waals surface area contributed by atoms with Gasteiger partial charge in [-0.3, -0.25) is 9.69 Å². The Morgan fingerprint density at radius 3 is 2.80 bits per heavy atom. The zero-order chi connectivity index (χ0) is 18.0. The Morgan fingerprint density at radius 1 is 1.40 bits per heavy atom. The van der Waals surface area contributed by atoms with Gasteiger partial charge < -0.3 is 14.7 Å². The van der Waals surface area contributed by atoms with Gasteiger partial charge in [0.25, 0.3) is 0 Å². The molecule has 25 heavy (non-hydrogen) atoms. The fourth-order valence-corrected chi connectivity index (χ4v) is 4.22. The monoisotopic (exact) mass is 361 g/mol. The molecule has 1 aliphatic heterocycles. The first kappa shape index (κ1) is 17.7. The molecule has 3 rings (SSSR count). The van der Waals surface area contributed by atoms with Crippen LogP contribution >= 0.6 is 11.3 Å². The molecular formula is C18H23N3O3S. The van der Waals surface area contributed by atoms with E-state index in [1.807, 2.05) is 49.5 Å². The molecule has 7 heteroatoms. The van der Waals surface area contributed by atoms with Crippen LogP contribution in [0.2, 0.25) is 0 Å². The molecule has 1 N–H and O–H groups in total. The number of carboxylic acids is 1. The molecule has 134 valence electrons. The van der Waals surface area contributed by atoms with Crippen molar-refractivity contribution in [2.75, 3.05) is 39.2 Å². The number of nitrogens with zero attached hydrogens (tertiary/aromatic N) is 3. The van der Waals surface area contributed by atoms with E-state index in [1.165, 1.54) is 0 Å². The number of hydrogen-bond acceptors (Lipinski definition) is 6. The van der Waals surface area contributed by atoms with Gasteiger partial charge >= 0.3 is 5.97 Å². The number of thiazole rings is 1. The van der Waals surface area contributed by atoms with Crippen molar-refractivity contribution in [3.63, 3.8) is 0 Å². The lowest BCUT2D eigenvalue weighted by Crippen LogP contribution is -2.23.